The van der Waals surface area contributed by atoms with Crippen LogP contribution < -0.4 is 19.9 Å². The van der Waals surface area contributed by atoms with Gasteiger partial charge in [-0.2, -0.15) is 0 Å². The van der Waals surface area contributed by atoms with Gasteiger partial charge < -0.3 is 24.8 Å². The van der Waals surface area contributed by atoms with Crippen molar-refractivity contribution in [3.05, 3.63) is 125 Å². The summed E-state index contributed by atoms with van der Waals surface area (Å²) >= 11 is 0. The number of nitrogens with one attached hydrogen (secondary N) is 1. The zero-order valence-electron chi connectivity index (χ0n) is 28.6. The fourth-order valence-electron chi connectivity index (χ4n) is 7.30. The van der Waals surface area contributed by atoms with E-state index in [1.165, 1.54) is 30.2 Å². The maximum Gasteiger partial charge on any atom is 0.414 e. The summed E-state index contributed by atoms with van der Waals surface area (Å²) in [4.78, 5) is 31.1. The molecule has 0 atom stereocenters. The van der Waals surface area contributed by atoms with Crippen molar-refractivity contribution in [2.75, 3.05) is 35.9 Å². The van der Waals surface area contributed by atoms with Crippen LogP contribution >= 0.6 is 0 Å². The molecule has 1 aliphatic carbocycles. The summed E-state index contributed by atoms with van der Waals surface area (Å²) in [6.45, 7) is 5.41. The first-order valence-corrected chi connectivity index (χ1v) is 16.5. The minimum atomic E-state index is -0.887. The Bertz CT molecular complexity index is 2120. The molecule has 0 saturated carbocycles. The SMILES string of the molecule is COc1cc(O)ccc1-c1ccc2c(c1CN(C(=O)OCC1c3ccccc3-c3ccccc31)c1cc(F)ccc1C)N(C)C(=O)C(C)(C)N2. The van der Waals surface area contributed by atoms with Crippen LogP contribution in [0.1, 0.15) is 42.0 Å². The molecule has 0 fully saturated rings. The molecule has 8 nitrogen and oxygen atoms in total. The molecule has 0 saturated heterocycles. The van der Waals surface area contributed by atoms with Gasteiger partial charge in [0, 0.05) is 30.2 Å². The van der Waals surface area contributed by atoms with Crippen molar-refractivity contribution >= 4 is 29.1 Å². The summed E-state index contributed by atoms with van der Waals surface area (Å²) in [7, 11) is 3.21. The van der Waals surface area contributed by atoms with Gasteiger partial charge in [-0.3, -0.25) is 9.69 Å². The monoisotopic (exact) mass is 671 g/mol. The lowest BCUT2D eigenvalue weighted by Crippen LogP contribution is -2.53. The van der Waals surface area contributed by atoms with E-state index >= 15 is 0 Å². The predicted octanol–water partition coefficient (Wildman–Crippen LogP) is 8.64. The summed E-state index contributed by atoms with van der Waals surface area (Å²) in [6, 6.07) is 29.1. The third-order valence-electron chi connectivity index (χ3n) is 9.71. The highest BCUT2D eigenvalue weighted by Gasteiger charge is 2.39. The van der Waals surface area contributed by atoms with Crippen LogP contribution in [0, 0.1) is 12.7 Å². The van der Waals surface area contributed by atoms with E-state index in [1.807, 2.05) is 57.2 Å². The zero-order chi connectivity index (χ0) is 35.3. The van der Waals surface area contributed by atoms with Crippen molar-refractivity contribution in [2.24, 2.45) is 0 Å². The Morgan fingerprint density at radius 2 is 1.58 bits per heavy atom. The Labute approximate surface area is 290 Å². The number of aromatic hydroxyl groups is 1. The van der Waals surface area contributed by atoms with E-state index in [4.69, 9.17) is 9.47 Å². The normalized spacial score (nSPS) is 14.4. The first-order valence-electron chi connectivity index (χ1n) is 16.5. The lowest BCUT2D eigenvalue weighted by molar-refractivity contribution is -0.121. The molecular formula is C41H38FN3O5. The Morgan fingerprint density at radius 3 is 2.26 bits per heavy atom. The summed E-state index contributed by atoms with van der Waals surface area (Å²) in [5.41, 5.74) is 7.62. The molecule has 1 heterocycles. The number of fused-ring (bicyclic) bond motifs is 4. The van der Waals surface area contributed by atoms with Gasteiger partial charge in [0.15, 0.2) is 0 Å². The highest BCUT2D eigenvalue weighted by Crippen LogP contribution is 2.47. The van der Waals surface area contributed by atoms with E-state index < -0.39 is 17.4 Å². The Morgan fingerprint density at radius 1 is 0.920 bits per heavy atom. The smallest absolute Gasteiger partial charge is 0.414 e. The van der Waals surface area contributed by atoms with Gasteiger partial charge in [0.25, 0.3) is 5.91 Å². The Balaban J connectivity index is 1.35. The van der Waals surface area contributed by atoms with Crippen LogP contribution in [-0.2, 0) is 16.1 Å². The Hall–Kier alpha value is -5.83. The first kappa shape index (κ1) is 32.7. The average Bonchev–Trinajstić information content (AvgIpc) is 3.43. The van der Waals surface area contributed by atoms with Crippen LogP contribution in [0.4, 0.5) is 26.2 Å². The maximum atomic E-state index is 14.9. The number of rotatable bonds is 7. The number of nitrogens with zero attached hydrogens (tertiary/aromatic N) is 2. The minimum Gasteiger partial charge on any atom is -0.508 e. The number of anilines is 3. The van der Waals surface area contributed by atoms with E-state index in [-0.39, 0.29) is 30.7 Å². The number of hydrogen-bond acceptors (Lipinski definition) is 6. The largest absolute Gasteiger partial charge is 0.508 e. The van der Waals surface area contributed by atoms with Gasteiger partial charge in [-0.1, -0.05) is 60.7 Å². The second-order valence-corrected chi connectivity index (χ2v) is 13.3. The third-order valence-corrected chi connectivity index (χ3v) is 9.71. The van der Waals surface area contributed by atoms with Crippen LogP contribution in [0.3, 0.4) is 0 Å². The number of halogens is 1. The summed E-state index contributed by atoms with van der Waals surface area (Å²) < 4.78 is 26.8. The molecule has 0 aromatic heterocycles. The molecule has 2 amide bonds. The lowest BCUT2D eigenvalue weighted by Gasteiger charge is -2.40. The quantitative estimate of drug-likeness (QED) is 0.180. The number of phenolic OH excluding ortho intramolecular Hbond substituents is 1. The van der Waals surface area contributed by atoms with Gasteiger partial charge in [-0.15, -0.1) is 0 Å². The molecule has 0 radical (unpaired) electrons. The topological polar surface area (TPSA) is 91.3 Å². The first-order chi connectivity index (χ1) is 24.0. The second kappa shape index (κ2) is 12.6. The summed E-state index contributed by atoms with van der Waals surface area (Å²) in [6.07, 6.45) is -0.667. The zero-order valence-corrected chi connectivity index (χ0v) is 28.6. The number of carbonyl (C=O) groups is 2. The van der Waals surface area contributed by atoms with Gasteiger partial charge in [0.2, 0.25) is 0 Å². The highest BCUT2D eigenvalue weighted by atomic mass is 19.1. The molecule has 9 heteroatoms. The van der Waals surface area contributed by atoms with Gasteiger partial charge in [0.1, 0.15) is 29.5 Å². The van der Waals surface area contributed by atoms with E-state index in [2.05, 4.69) is 29.6 Å². The van der Waals surface area contributed by atoms with Crippen molar-refractivity contribution in [1.82, 2.24) is 0 Å². The van der Waals surface area contributed by atoms with Gasteiger partial charge in [-0.25, -0.2) is 9.18 Å². The molecule has 2 aliphatic rings. The summed E-state index contributed by atoms with van der Waals surface area (Å²) in [5, 5.41) is 13.6. The van der Waals surface area contributed by atoms with Crippen LogP contribution in [0.25, 0.3) is 22.3 Å². The van der Waals surface area contributed by atoms with Crippen molar-refractivity contribution in [3.63, 3.8) is 0 Å². The molecule has 0 bridgehead atoms. The molecule has 5 aromatic carbocycles. The molecule has 7 rings (SSSR count). The fraction of sp³-hybridized carbons (Fsp3) is 0.220. The van der Waals surface area contributed by atoms with Gasteiger partial charge in [-0.05, 0) is 84.5 Å². The maximum absolute atomic E-state index is 14.9. The molecule has 2 N–H and O–H groups in total. The van der Waals surface area contributed by atoms with E-state index in [9.17, 15) is 19.1 Å². The Kier molecular flexibility index (Phi) is 8.22. The number of benzene rings is 5. The number of likely N-dealkylation sites (N-methyl/N-ethyl adjacent to an activating group) is 1. The molecule has 5 aromatic rings. The number of hydrogen-bond donors (Lipinski definition) is 2. The molecule has 0 unspecified atom stereocenters. The van der Waals surface area contributed by atoms with E-state index in [1.54, 1.807) is 30.1 Å². The number of amides is 2. The van der Waals surface area contributed by atoms with E-state index in [0.29, 0.717) is 45.1 Å². The predicted molar refractivity (Wildman–Crippen MR) is 194 cm³/mol. The van der Waals surface area contributed by atoms with Crippen LogP contribution in [-0.4, -0.2) is 43.4 Å². The summed E-state index contributed by atoms with van der Waals surface area (Å²) in [5.74, 6) is -0.433. The van der Waals surface area contributed by atoms with Gasteiger partial charge >= 0.3 is 6.09 Å². The molecule has 50 heavy (non-hydrogen) atoms. The highest BCUT2D eigenvalue weighted by molar-refractivity contribution is 6.09. The van der Waals surface area contributed by atoms with Gasteiger partial charge in [0.05, 0.1) is 30.7 Å². The number of methoxy groups -OCH3 is 1. The third kappa shape index (κ3) is 5.58. The number of ether oxygens (including phenoxy) is 2. The van der Waals surface area contributed by atoms with Crippen molar-refractivity contribution in [2.45, 2.75) is 38.8 Å². The van der Waals surface area contributed by atoms with Crippen molar-refractivity contribution in [3.8, 4) is 33.8 Å². The standard InChI is InChI=1S/C41H38FN3O5/c1-24-14-15-25(42)20-36(24)45(40(48)50-23-34-29-12-8-6-10-27(29)28-11-7-9-13-30(28)34)22-33-31(32-17-16-26(46)21-37(32)49-5)18-19-35-38(33)44(4)39(47)41(2,3)43-35/h6-21,34,43,46H,22-23H2,1-5H3. The second-order valence-electron chi connectivity index (χ2n) is 13.3. The molecule has 254 valence electrons. The van der Waals surface area contributed by atoms with Crippen molar-refractivity contribution in [1.29, 1.82) is 0 Å². The fourth-order valence-corrected chi connectivity index (χ4v) is 7.30. The number of aryl methyl sites for hydroxylation is 1. The average molecular weight is 672 g/mol. The van der Waals surface area contributed by atoms with Crippen LogP contribution in [0.5, 0.6) is 11.5 Å². The van der Waals surface area contributed by atoms with Crippen LogP contribution in [0.15, 0.2) is 97.1 Å². The lowest BCUT2D eigenvalue weighted by atomic mass is 9.91. The minimum absolute atomic E-state index is 0.0245. The van der Waals surface area contributed by atoms with E-state index in [0.717, 1.165) is 22.3 Å². The number of phenols is 1. The molecular weight excluding hydrogens is 633 g/mol. The van der Waals surface area contributed by atoms with Crippen LogP contribution in [0.2, 0.25) is 0 Å². The molecule has 0 spiro atoms. The number of carbonyl (C=O) groups excluding carboxylic acids is 2. The van der Waals surface area contributed by atoms with Crippen molar-refractivity contribution < 1.29 is 28.6 Å². The molecule has 1 aliphatic heterocycles.